The van der Waals surface area contributed by atoms with Crippen LogP contribution in [0.4, 0.5) is 0 Å². The minimum Gasteiger partial charge on any atom is -0.427 e. The topological polar surface area (TPSA) is 9.23 Å². The third-order valence-electron chi connectivity index (χ3n) is 0.408. The predicted octanol–water partition coefficient (Wildman–Crippen LogP) is -0.398. The fourth-order valence-corrected chi connectivity index (χ4v) is 1.17. The summed E-state index contributed by atoms with van der Waals surface area (Å²) in [6, 6.07) is 0. The third-order valence-corrected chi connectivity index (χ3v) is 0.890. The highest BCUT2D eigenvalue weighted by Crippen LogP contribution is 1.88. The van der Waals surface area contributed by atoms with Crippen LogP contribution in [0.15, 0.2) is 0 Å². The highest BCUT2D eigenvalue weighted by Gasteiger charge is 1.86. The molecule has 3 heteroatoms. The van der Waals surface area contributed by atoms with E-state index in [0.29, 0.717) is 5.25 Å². The van der Waals surface area contributed by atoms with Crippen molar-refractivity contribution < 1.29 is 4.43 Å². The summed E-state index contributed by atoms with van der Waals surface area (Å²) in [4.78, 5) is 0. The van der Waals surface area contributed by atoms with Gasteiger partial charge in [-0.1, -0.05) is 6.92 Å². The van der Waals surface area contributed by atoms with Gasteiger partial charge in [0.25, 0.3) is 0 Å². The van der Waals surface area contributed by atoms with E-state index in [4.69, 9.17) is 4.43 Å². The fourth-order valence-electron chi connectivity index (χ4n) is 0.241. The zero-order valence-corrected chi connectivity index (χ0v) is 7.03. The molecule has 0 saturated heterocycles. The van der Waals surface area contributed by atoms with E-state index in [-0.39, 0.29) is 0 Å². The van der Waals surface area contributed by atoms with Crippen LogP contribution in [-0.2, 0) is 4.43 Å². The molecule has 0 radical (unpaired) electrons. The summed E-state index contributed by atoms with van der Waals surface area (Å²) >= 11 is 4.08. The second-order valence-corrected chi connectivity index (χ2v) is 2.76. The van der Waals surface area contributed by atoms with Gasteiger partial charge in [-0.2, -0.15) is 12.6 Å². The first-order chi connectivity index (χ1) is 2.77. The van der Waals surface area contributed by atoms with Crippen LogP contribution in [-0.4, -0.2) is 22.3 Å². The van der Waals surface area contributed by atoms with Crippen LogP contribution in [0.5, 0.6) is 0 Å². The molecule has 0 heterocycles. The Morgan fingerprint density at radius 2 is 2.50 bits per heavy atom. The first kappa shape index (κ1) is 6.53. The second-order valence-electron chi connectivity index (χ2n) is 1.30. The van der Waals surface area contributed by atoms with Crippen LogP contribution in [0.2, 0.25) is 0 Å². The summed E-state index contributed by atoms with van der Waals surface area (Å²) in [5, 5.41) is 0.405. The summed E-state index contributed by atoms with van der Waals surface area (Å²) < 4.78 is 4.87. The molecule has 0 aromatic carbocycles. The van der Waals surface area contributed by atoms with Gasteiger partial charge in [0.1, 0.15) is 10.5 Å². The zero-order valence-electron chi connectivity index (χ0n) is 4.14. The van der Waals surface area contributed by atoms with Gasteiger partial charge in [-0.15, -0.1) is 0 Å². The lowest BCUT2D eigenvalue weighted by Gasteiger charge is -1.97. The van der Waals surface area contributed by atoms with E-state index in [9.17, 15) is 0 Å². The minimum atomic E-state index is 0.405. The van der Waals surface area contributed by atoms with Crippen molar-refractivity contribution in [3.05, 3.63) is 0 Å². The maximum atomic E-state index is 4.87. The van der Waals surface area contributed by atoms with Crippen LogP contribution < -0.4 is 0 Å². The van der Waals surface area contributed by atoms with Crippen molar-refractivity contribution in [1.29, 1.82) is 0 Å². The smallest absolute Gasteiger partial charge is 0.146 e. The van der Waals surface area contributed by atoms with Gasteiger partial charge in [0.2, 0.25) is 0 Å². The molecule has 1 unspecified atom stereocenters. The quantitative estimate of drug-likeness (QED) is 0.387. The minimum absolute atomic E-state index is 0.405. The standard InChI is InChI=1S/C3H10OSSi/c1-3(5)2-4-6/h3,5H,2H2,1,6H3. The normalized spacial score (nSPS) is 15.0. The van der Waals surface area contributed by atoms with Crippen LogP contribution in [0.25, 0.3) is 0 Å². The van der Waals surface area contributed by atoms with Crippen LogP contribution in [0, 0.1) is 0 Å². The third kappa shape index (κ3) is 4.53. The maximum Gasteiger partial charge on any atom is 0.146 e. The number of rotatable bonds is 2. The van der Waals surface area contributed by atoms with Gasteiger partial charge in [0.15, 0.2) is 0 Å². The Balaban J connectivity index is 2.63. The molecule has 1 atom stereocenters. The van der Waals surface area contributed by atoms with Gasteiger partial charge in [-0.05, 0) is 0 Å². The Labute approximate surface area is 47.0 Å². The number of thiol groups is 1. The Hall–Kier alpha value is 0.527. The van der Waals surface area contributed by atoms with E-state index in [1.54, 1.807) is 0 Å². The second kappa shape index (κ2) is 3.71. The molecule has 1 nitrogen and oxygen atoms in total. The molecule has 0 N–H and O–H groups in total. The van der Waals surface area contributed by atoms with Gasteiger partial charge >= 0.3 is 0 Å². The summed E-state index contributed by atoms with van der Waals surface area (Å²) in [6.07, 6.45) is 0. The lowest BCUT2D eigenvalue weighted by atomic mass is 10.5. The van der Waals surface area contributed by atoms with Gasteiger partial charge in [0.05, 0.1) is 0 Å². The highest BCUT2D eigenvalue weighted by molar-refractivity contribution is 7.80. The SMILES string of the molecule is CC(S)CO[SiH3]. The van der Waals surface area contributed by atoms with Gasteiger partial charge in [-0.25, -0.2) is 0 Å². The number of hydrogen-bond donors (Lipinski definition) is 1. The van der Waals surface area contributed by atoms with E-state index >= 15 is 0 Å². The largest absolute Gasteiger partial charge is 0.427 e. The Kier molecular flexibility index (Phi) is 4.03. The predicted molar refractivity (Wildman–Crippen MR) is 34.3 cm³/mol. The molecule has 0 amide bonds. The Morgan fingerprint density at radius 3 is 2.50 bits per heavy atom. The van der Waals surface area contributed by atoms with E-state index in [1.807, 2.05) is 6.92 Å². The molecule has 0 spiro atoms. The summed E-state index contributed by atoms with van der Waals surface area (Å²) in [5.41, 5.74) is 0. The summed E-state index contributed by atoms with van der Waals surface area (Å²) in [6.45, 7) is 2.82. The molecule has 38 valence electrons. The molecule has 0 aliphatic rings. The van der Waals surface area contributed by atoms with Gasteiger partial charge in [-0.3, -0.25) is 0 Å². The fraction of sp³-hybridized carbons (Fsp3) is 1.00. The molecule has 0 aliphatic heterocycles. The molecule has 0 rings (SSSR count). The average Bonchev–Trinajstić information content (AvgIpc) is 1.35. The van der Waals surface area contributed by atoms with Crippen molar-refractivity contribution in [2.24, 2.45) is 0 Å². The summed E-state index contributed by atoms with van der Waals surface area (Å²) in [7, 11) is 0.838. The van der Waals surface area contributed by atoms with Crippen molar-refractivity contribution in [3.8, 4) is 0 Å². The lowest BCUT2D eigenvalue weighted by Crippen LogP contribution is -2.00. The van der Waals surface area contributed by atoms with Crippen molar-refractivity contribution in [1.82, 2.24) is 0 Å². The number of hydrogen-bond acceptors (Lipinski definition) is 2. The monoisotopic (exact) mass is 122 g/mol. The van der Waals surface area contributed by atoms with Crippen molar-refractivity contribution in [2.75, 3.05) is 6.61 Å². The Morgan fingerprint density at radius 1 is 2.00 bits per heavy atom. The van der Waals surface area contributed by atoms with Gasteiger partial charge in [0, 0.05) is 11.9 Å². The van der Waals surface area contributed by atoms with E-state index in [1.165, 1.54) is 0 Å². The lowest BCUT2D eigenvalue weighted by molar-refractivity contribution is 0.355. The van der Waals surface area contributed by atoms with E-state index in [2.05, 4.69) is 12.6 Å². The van der Waals surface area contributed by atoms with Crippen LogP contribution >= 0.6 is 12.6 Å². The first-order valence-corrected chi connectivity index (χ1v) is 3.27. The zero-order chi connectivity index (χ0) is 4.99. The average molecular weight is 122 g/mol. The highest BCUT2D eigenvalue weighted by atomic mass is 32.1. The molecule has 6 heavy (non-hydrogen) atoms. The van der Waals surface area contributed by atoms with Crippen molar-refractivity contribution >= 4 is 23.1 Å². The van der Waals surface area contributed by atoms with Crippen molar-refractivity contribution in [2.45, 2.75) is 12.2 Å². The molecule has 0 aliphatic carbocycles. The molecule has 0 saturated carbocycles. The summed E-state index contributed by atoms with van der Waals surface area (Å²) in [5.74, 6) is 0. The Bertz CT molecular complexity index is 32.0. The molecule has 0 bridgehead atoms. The van der Waals surface area contributed by atoms with Crippen molar-refractivity contribution in [3.63, 3.8) is 0 Å². The molecule has 0 aromatic heterocycles. The van der Waals surface area contributed by atoms with Crippen LogP contribution in [0.3, 0.4) is 0 Å². The van der Waals surface area contributed by atoms with E-state index < -0.39 is 0 Å². The molecular weight excluding hydrogens is 112 g/mol. The van der Waals surface area contributed by atoms with Crippen LogP contribution in [0.1, 0.15) is 6.92 Å². The molecule has 0 aromatic rings. The maximum absolute atomic E-state index is 4.87. The molecule has 0 fully saturated rings. The molecular formula is C3H10OSSi. The van der Waals surface area contributed by atoms with E-state index in [0.717, 1.165) is 17.1 Å². The van der Waals surface area contributed by atoms with Gasteiger partial charge < -0.3 is 4.43 Å². The first-order valence-electron chi connectivity index (χ1n) is 1.94.